The van der Waals surface area contributed by atoms with Crippen LogP contribution >= 0.6 is 0 Å². The standard InChI is InChI=1S/C23H31N3O4/c1-17-2-4-18(5-3-17)16-22(27)26-11-6-20(7-12-26)29-15-10-21-24-23(30-25-21)19-8-13-28-14-9-19/h2-5,19-20H,6-16H2,1H3. The fourth-order valence-electron chi connectivity index (χ4n) is 4.06. The predicted molar refractivity (Wildman–Crippen MR) is 111 cm³/mol. The van der Waals surface area contributed by atoms with Crippen LogP contribution in [-0.4, -0.2) is 60.0 Å². The molecule has 2 aliphatic heterocycles. The van der Waals surface area contributed by atoms with Gasteiger partial charge in [-0.05, 0) is 38.2 Å². The van der Waals surface area contributed by atoms with Gasteiger partial charge in [0.15, 0.2) is 5.82 Å². The van der Waals surface area contributed by atoms with Crippen molar-refractivity contribution in [1.29, 1.82) is 0 Å². The number of amides is 1. The van der Waals surface area contributed by atoms with E-state index in [1.807, 2.05) is 17.0 Å². The van der Waals surface area contributed by atoms with E-state index in [1.54, 1.807) is 0 Å². The van der Waals surface area contributed by atoms with Crippen molar-refractivity contribution in [2.75, 3.05) is 32.9 Å². The molecule has 2 aromatic rings. The molecule has 0 unspecified atom stereocenters. The number of aromatic nitrogens is 2. The minimum Gasteiger partial charge on any atom is -0.381 e. The number of benzene rings is 1. The summed E-state index contributed by atoms with van der Waals surface area (Å²) in [6, 6.07) is 8.18. The zero-order valence-corrected chi connectivity index (χ0v) is 17.7. The fraction of sp³-hybridized carbons (Fsp3) is 0.609. The van der Waals surface area contributed by atoms with Crippen molar-refractivity contribution in [3.8, 4) is 0 Å². The third-order valence-electron chi connectivity index (χ3n) is 6.00. The quantitative estimate of drug-likeness (QED) is 0.694. The highest BCUT2D eigenvalue weighted by molar-refractivity contribution is 5.78. The van der Waals surface area contributed by atoms with Crippen LogP contribution in [0.2, 0.25) is 0 Å². The summed E-state index contributed by atoms with van der Waals surface area (Å²) in [5, 5.41) is 4.09. The van der Waals surface area contributed by atoms with Crippen LogP contribution in [0.5, 0.6) is 0 Å². The average molecular weight is 414 g/mol. The topological polar surface area (TPSA) is 77.7 Å². The number of likely N-dealkylation sites (tertiary alicyclic amines) is 1. The van der Waals surface area contributed by atoms with Crippen LogP contribution in [0.1, 0.15) is 54.4 Å². The average Bonchev–Trinajstić information content (AvgIpc) is 3.25. The number of aryl methyl sites for hydroxylation is 1. The summed E-state index contributed by atoms with van der Waals surface area (Å²) in [5.41, 5.74) is 2.29. The molecule has 0 radical (unpaired) electrons. The second-order valence-electron chi connectivity index (χ2n) is 8.30. The van der Waals surface area contributed by atoms with E-state index in [9.17, 15) is 4.79 Å². The second-order valence-corrected chi connectivity index (χ2v) is 8.30. The van der Waals surface area contributed by atoms with Crippen LogP contribution in [0.25, 0.3) is 0 Å². The molecule has 7 heteroatoms. The van der Waals surface area contributed by atoms with E-state index in [2.05, 4.69) is 29.2 Å². The molecule has 0 spiro atoms. The van der Waals surface area contributed by atoms with Gasteiger partial charge in [-0.2, -0.15) is 4.98 Å². The van der Waals surface area contributed by atoms with E-state index in [-0.39, 0.29) is 12.0 Å². The van der Waals surface area contributed by atoms with Gasteiger partial charge in [0.25, 0.3) is 0 Å². The van der Waals surface area contributed by atoms with Gasteiger partial charge in [-0.3, -0.25) is 4.79 Å². The molecule has 162 valence electrons. The predicted octanol–water partition coefficient (Wildman–Crippen LogP) is 3.06. The van der Waals surface area contributed by atoms with Gasteiger partial charge in [0, 0.05) is 38.6 Å². The molecular formula is C23H31N3O4. The molecule has 30 heavy (non-hydrogen) atoms. The lowest BCUT2D eigenvalue weighted by Gasteiger charge is -2.32. The van der Waals surface area contributed by atoms with E-state index in [0.717, 1.165) is 63.4 Å². The summed E-state index contributed by atoms with van der Waals surface area (Å²) < 4.78 is 16.8. The Kier molecular flexibility index (Phi) is 7.12. The molecule has 2 fully saturated rings. The minimum atomic E-state index is 0.190. The van der Waals surface area contributed by atoms with Gasteiger partial charge >= 0.3 is 0 Å². The lowest BCUT2D eigenvalue weighted by molar-refractivity contribution is -0.133. The van der Waals surface area contributed by atoms with E-state index in [4.69, 9.17) is 14.0 Å². The van der Waals surface area contributed by atoms with Crippen molar-refractivity contribution < 1.29 is 18.8 Å². The van der Waals surface area contributed by atoms with Crippen molar-refractivity contribution >= 4 is 5.91 Å². The third kappa shape index (κ3) is 5.67. The molecule has 1 aromatic heterocycles. The number of rotatable bonds is 7. The summed E-state index contributed by atoms with van der Waals surface area (Å²) in [5.74, 6) is 1.96. The molecule has 0 atom stereocenters. The molecule has 0 saturated carbocycles. The summed E-state index contributed by atoms with van der Waals surface area (Å²) in [7, 11) is 0. The molecule has 3 heterocycles. The number of ether oxygens (including phenoxy) is 2. The summed E-state index contributed by atoms with van der Waals surface area (Å²) in [6.45, 7) is 5.67. The molecule has 2 saturated heterocycles. The van der Waals surface area contributed by atoms with E-state index >= 15 is 0 Å². The van der Waals surface area contributed by atoms with Crippen LogP contribution in [0.3, 0.4) is 0 Å². The number of carbonyl (C=O) groups excluding carboxylic acids is 1. The first-order valence-corrected chi connectivity index (χ1v) is 11.0. The van der Waals surface area contributed by atoms with Crippen LogP contribution in [0, 0.1) is 6.92 Å². The molecule has 2 aliphatic rings. The summed E-state index contributed by atoms with van der Waals surface area (Å²) in [6.07, 6.45) is 4.95. The highest BCUT2D eigenvalue weighted by Crippen LogP contribution is 2.25. The van der Waals surface area contributed by atoms with Gasteiger partial charge in [-0.15, -0.1) is 0 Å². The first-order valence-electron chi connectivity index (χ1n) is 11.0. The SMILES string of the molecule is Cc1ccc(CC(=O)N2CCC(OCCc3noc(C4CCOCC4)n3)CC2)cc1. The number of hydrogen-bond donors (Lipinski definition) is 0. The Hall–Kier alpha value is -2.25. The number of hydrogen-bond acceptors (Lipinski definition) is 6. The van der Waals surface area contributed by atoms with E-state index < -0.39 is 0 Å². The Morgan fingerprint density at radius 1 is 1.13 bits per heavy atom. The zero-order valence-electron chi connectivity index (χ0n) is 17.7. The molecule has 0 N–H and O–H groups in total. The van der Waals surface area contributed by atoms with Crippen LogP contribution in [0.4, 0.5) is 0 Å². The van der Waals surface area contributed by atoms with Gasteiger partial charge in [0.05, 0.1) is 19.1 Å². The second kappa shape index (κ2) is 10.2. The molecular weight excluding hydrogens is 382 g/mol. The maximum Gasteiger partial charge on any atom is 0.229 e. The number of nitrogens with zero attached hydrogens (tertiary/aromatic N) is 3. The molecule has 1 amide bonds. The normalized spacial score (nSPS) is 18.6. The summed E-state index contributed by atoms with van der Waals surface area (Å²) >= 11 is 0. The highest BCUT2D eigenvalue weighted by Gasteiger charge is 2.24. The number of carbonyl (C=O) groups is 1. The van der Waals surface area contributed by atoms with Gasteiger partial charge < -0.3 is 18.9 Å². The fourth-order valence-corrected chi connectivity index (χ4v) is 4.06. The van der Waals surface area contributed by atoms with Gasteiger partial charge in [0.2, 0.25) is 11.8 Å². The van der Waals surface area contributed by atoms with Crippen molar-refractivity contribution in [1.82, 2.24) is 15.0 Å². The summed E-state index contributed by atoms with van der Waals surface area (Å²) in [4.78, 5) is 19.0. The zero-order chi connectivity index (χ0) is 20.8. The monoisotopic (exact) mass is 413 g/mol. The maximum atomic E-state index is 12.5. The number of piperidine rings is 1. The Balaban J connectivity index is 1.15. The third-order valence-corrected chi connectivity index (χ3v) is 6.00. The largest absolute Gasteiger partial charge is 0.381 e. The van der Waals surface area contributed by atoms with Crippen molar-refractivity contribution in [3.05, 3.63) is 47.1 Å². The molecule has 7 nitrogen and oxygen atoms in total. The smallest absolute Gasteiger partial charge is 0.229 e. The van der Waals surface area contributed by atoms with Gasteiger partial charge in [0.1, 0.15) is 0 Å². The Morgan fingerprint density at radius 2 is 1.87 bits per heavy atom. The first-order chi connectivity index (χ1) is 14.7. The lowest BCUT2D eigenvalue weighted by atomic mass is 10.0. The van der Waals surface area contributed by atoms with Crippen molar-refractivity contribution in [2.45, 2.75) is 57.5 Å². The Morgan fingerprint density at radius 3 is 2.60 bits per heavy atom. The molecule has 0 bridgehead atoms. The molecule has 1 aromatic carbocycles. The van der Waals surface area contributed by atoms with Gasteiger partial charge in [-0.25, -0.2) is 0 Å². The van der Waals surface area contributed by atoms with Gasteiger partial charge in [-0.1, -0.05) is 35.0 Å². The maximum absolute atomic E-state index is 12.5. The lowest BCUT2D eigenvalue weighted by Crippen LogP contribution is -2.41. The highest BCUT2D eigenvalue weighted by atomic mass is 16.5. The Labute approximate surface area is 177 Å². The van der Waals surface area contributed by atoms with E-state index in [1.165, 1.54) is 5.56 Å². The van der Waals surface area contributed by atoms with Crippen molar-refractivity contribution in [2.24, 2.45) is 0 Å². The minimum absolute atomic E-state index is 0.190. The van der Waals surface area contributed by atoms with E-state index in [0.29, 0.717) is 31.2 Å². The molecule has 4 rings (SSSR count). The van der Waals surface area contributed by atoms with Crippen LogP contribution in [0.15, 0.2) is 28.8 Å². The first kappa shape index (κ1) is 21.0. The van der Waals surface area contributed by atoms with Crippen LogP contribution in [-0.2, 0) is 27.1 Å². The Bertz CT molecular complexity index is 806. The van der Waals surface area contributed by atoms with Crippen molar-refractivity contribution in [3.63, 3.8) is 0 Å². The van der Waals surface area contributed by atoms with Crippen LogP contribution < -0.4 is 0 Å². The molecule has 0 aliphatic carbocycles.